The van der Waals surface area contributed by atoms with Gasteiger partial charge in [-0.1, -0.05) is 11.8 Å². The number of ether oxygens (including phenoxy) is 3. The monoisotopic (exact) mass is 535 g/mol. The number of amides is 2. The van der Waals surface area contributed by atoms with Gasteiger partial charge in [-0.2, -0.15) is 0 Å². The largest absolute Gasteiger partial charge is 0.480 e. The van der Waals surface area contributed by atoms with Crippen molar-refractivity contribution >= 4 is 34.6 Å². The number of carbonyl (C=O) groups excluding carboxylic acids is 2. The minimum absolute atomic E-state index is 0.0281. The number of nitrogens with one attached hydrogen (secondary N) is 2. The van der Waals surface area contributed by atoms with Gasteiger partial charge in [0.25, 0.3) is 5.91 Å². The Morgan fingerprint density at radius 1 is 1.24 bits per heavy atom. The lowest BCUT2D eigenvalue weighted by Crippen LogP contribution is -2.45. The molecule has 0 radical (unpaired) electrons. The molecular formula is C24H27F2N5O5S. The van der Waals surface area contributed by atoms with E-state index in [0.717, 1.165) is 0 Å². The maximum atomic E-state index is 15.3. The molecule has 1 aromatic carbocycles. The normalized spacial score (nSPS) is 23.0. The second-order valence-electron chi connectivity index (χ2n) is 9.48. The lowest BCUT2D eigenvalue weighted by Gasteiger charge is -2.36. The Balaban J connectivity index is 1.65. The third-order valence-corrected chi connectivity index (χ3v) is 6.79. The summed E-state index contributed by atoms with van der Waals surface area (Å²) in [6.45, 7) is 4.30. The molecule has 3 atom stereocenters. The number of rotatable bonds is 5. The van der Waals surface area contributed by atoms with Gasteiger partial charge in [0.2, 0.25) is 5.88 Å². The van der Waals surface area contributed by atoms with Crippen LogP contribution in [-0.4, -0.2) is 65.0 Å². The molecule has 2 aromatic rings. The fourth-order valence-electron chi connectivity index (χ4n) is 4.12. The van der Waals surface area contributed by atoms with Crippen LogP contribution in [0.1, 0.15) is 36.8 Å². The first kappa shape index (κ1) is 26.7. The first-order valence-corrected chi connectivity index (χ1v) is 12.4. The van der Waals surface area contributed by atoms with Gasteiger partial charge in [0.15, 0.2) is 5.17 Å². The maximum absolute atomic E-state index is 15.3. The first-order chi connectivity index (χ1) is 17.5. The standard InChI is InChI=1S/C24H27F2N5O5S/c1-23(2,3)36-22(33)30-21-31-24(12-35-18(8-25)15(24)11-37-21)14-7-13(5-6-16(14)26)29-20(32)17-9-28-19(34-4)10-27-17/h5-7,9-10,15,18H,8,11-12H2,1-4H3,(H,29,32)(H,30,31,33). The van der Waals surface area contributed by atoms with Crippen molar-refractivity contribution in [3.63, 3.8) is 0 Å². The van der Waals surface area contributed by atoms with Crippen LogP contribution in [0.4, 0.5) is 19.3 Å². The number of aromatic nitrogens is 2. The minimum atomic E-state index is -1.32. The lowest BCUT2D eigenvalue weighted by atomic mass is 9.79. The van der Waals surface area contributed by atoms with Gasteiger partial charge in [-0.05, 0) is 39.0 Å². The fourth-order valence-corrected chi connectivity index (χ4v) is 5.33. The summed E-state index contributed by atoms with van der Waals surface area (Å²) >= 11 is 1.20. The topological polar surface area (TPSA) is 124 Å². The van der Waals surface area contributed by atoms with Crippen molar-refractivity contribution in [3.8, 4) is 5.88 Å². The summed E-state index contributed by atoms with van der Waals surface area (Å²) < 4.78 is 45.0. The summed E-state index contributed by atoms with van der Waals surface area (Å²) in [7, 11) is 1.43. The van der Waals surface area contributed by atoms with E-state index in [1.165, 1.54) is 49.5 Å². The lowest BCUT2D eigenvalue weighted by molar-refractivity contribution is 0.0563. The molecule has 0 aliphatic carbocycles. The number of methoxy groups -OCH3 is 1. The predicted octanol–water partition coefficient (Wildman–Crippen LogP) is 3.68. The zero-order chi connectivity index (χ0) is 26.8. The molecule has 1 saturated heterocycles. The molecule has 10 nitrogen and oxygen atoms in total. The van der Waals surface area contributed by atoms with Gasteiger partial charge in [0, 0.05) is 22.9 Å². The van der Waals surface area contributed by atoms with Gasteiger partial charge in [-0.25, -0.2) is 28.5 Å². The molecule has 3 unspecified atom stereocenters. The Kier molecular flexibility index (Phi) is 7.64. The number of alkyl carbamates (subject to hydrolysis) is 1. The Hall–Kier alpha value is -3.32. The molecule has 0 bridgehead atoms. The number of amidine groups is 1. The van der Waals surface area contributed by atoms with Crippen LogP contribution in [0, 0.1) is 11.7 Å². The molecular weight excluding hydrogens is 508 g/mol. The quantitative estimate of drug-likeness (QED) is 0.594. The number of aliphatic imine (C=N–C) groups is 1. The van der Waals surface area contributed by atoms with E-state index in [0.29, 0.717) is 5.75 Å². The summed E-state index contributed by atoms with van der Waals surface area (Å²) in [4.78, 5) is 37.6. The van der Waals surface area contributed by atoms with Gasteiger partial charge in [-0.3, -0.25) is 10.1 Å². The van der Waals surface area contributed by atoms with Crippen molar-refractivity contribution in [2.45, 2.75) is 38.0 Å². The highest BCUT2D eigenvalue weighted by molar-refractivity contribution is 8.13. The van der Waals surface area contributed by atoms with E-state index < -0.39 is 47.7 Å². The highest BCUT2D eigenvalue weighted by Crippen LogP contribution is 2.49. The summed E-state index contributed by atoms with van der Waals surface area (Å²) in [5, 5.41) is 5.47. The second-order valence-corrected chi connectivity index (χ2v) is 10.5. The average molecular weight is 536 g/mol. The van der Waals surface area contributed by atoms with Crippen LogP contribution in [0.3, 0.4) is 0 Å². The molecule has 37 heavy (non-hydrogen) atoms. The highest BCUT2D eigenvalue weighted by Gasteiger charge is 2.54. The summed E-state index contributed by atoms with van der Waals surface area (Å²) in [6, 6.07) is 4.02. The number of fused-ring (bicyclic) bond motifs is 1. The van der Waals surface area contributed by atoms with Crippen molar-refractivity contribution < 1.29 is 32.6 Å². The van der Waals surface area contributed by atoms with E-state index in [1.54, 1.807) is 20.8 Å². The number of hydrogen-bond donors (Lipinski definition) is 2. The Labute approximate surface area is 216 Å². The third kappa shape index (κ3) is 5.82. The van der Waals surface area contributed by atoms with Crippen LogP contribution in [0.2, 0.25) is 0 Å². The van der Waals surface area contributed by atoms with Gasteiger partial charge in [0.1, 0.15) is 29.3 Å². The SMILES string of the molecule is COc1cnc(C(=O)Nc2ccc(F)c(C34COC(CF)C3CSC(NC(=O)OC(C)(C)C)=N4)c2)cn1. The van der Waals surface area contributed by atoms with Crippen LogP contribution in [0.5, 0.6) is 5.88 Å². The van der Waals surface area contributed by atoms with Gasteiger partial charge < -0.3 is 19.5 Å². The van der Waals surface area contributed by atoms with E-state index in [9.17, 15) is 14.0 Å². The number of halogens is 2. The number of anilines is 1. The molecule has 1 fully saturated rings. The Bertz CT molecular complexity index is 1210. The maximum Gasteiger partial charge on any atom is 0.413 e. The molecule has 1 aromatic heterocycles. The molecule has 198 valence electrons. The number of alkyl halides is 1. The van der Waals surface area contributed by atoms with E-state index in [-0.39, 0.29) is 34.6 Å². The van der Waals surface area contributed by atoms with Crippen LogP contribution in [-0.2, 0) is 15.0 Å². The Morgan fingerprint density at radius 2 is 2.03 bits per heavy atom. The molecule has 4 rings (SSSR count). The summed E-state index contributed by atoms with van der Waals surface area (Å²) in [6.07, 6.45) is 1.04. The van der Waals surface area contributed by atoms with Crippen molar-refractivity contribution in [1.82, 2.24) is 15.3 Å². The van der Waals surface area contributed by atoms with E-state index >= 15 is 4.39 Å². The molecule has 2 amide bonds. The smallest absolute Gasteiger partial charge is 0.413 e. The predicted molar refractivity (Wildman–Crippen MR) is 133 cm³/mol. The number of nitrogens with zero attached hydrogens (tertiary/aromatic N) is 3. The zero-order valence-corrected chi connectivity index (χ0v) is 21.5. The summed E-state index contributed by atoms with van der Waals surface area (Å²) in [5.74, 6) is -1.12. The number of thioether (sulfide) groups is 1. The van der Waals surface area contributed by atoms with E-state index in [2.05, 4.69) is 25.6 Å². The summed E-state index contributed by atoms with van der Waals surface area (Å²) in [5.41, 5.74) is -1.65. The van der Waals surface area contributed by atoms with Crippen molar-refractivity contribution in [2.75, 3.05) is 31.5 Å². The average Bonchev–Trinajstić information content (AvgIpc) is 3.22. The van der Waals surface area contributed by atoms with Crippen LogP contribution >= 0.6 is 11.8 Å². The number of benzene rings is 1. The second kappa shape index (κ2) is 10.6. The molecule has 2 aliphatic heterocycles. The number of carbonyl (C=O) groups is 2. The molecule has 2 aliphatic rings. The zero-order valence-electron chi connectivity index (χ0n) is 20.7. The van der Waals surface area contributed by atoms with E-state index in [1.807, 2.05) is 0 Å². The van der Waals surface area contributed by atoms with Gasteiger partial charge in [-0.15, -0.1) is 0 Å². The van der Waals surface area contributed by atoms with Crippen molar-refractivity contribution in [1.29, 1.82) is 0 Å². The van der Waals surface area contributed by atoms with Crippen LogP contribution in [0.25, 0.3) is 0 Å². The minimum Gasteiger partial charge on any atom is -0.480 e. The van der Waals surface area contributed by atoms with Gasteiger partial charge >= 0.3 is 6.09 Å². The van der Waals surface area contributed by atoms with Crippen molar-refractivity contribution in [3.05, 3.63) is 47.7 Å². The third-order valence-electron chi connectivity index (χ3n) is 5.80. The fraction of sp³-hybridized carbons (Fsp3) is 0.458. The van der Waals surface area contributed by atoms with Crippen molar-refractivity contribution in [2.24, 2.45) is 10.9 Å². The first-order valence-electron chi connectivity index (χ1n) is 11.4. The Morgan fingerprint density at radius 3 is 2.68 bits per heavy atom. The molecule has 13 heteroatoms. The van der Waals surface area contributed by atoms with Gasteiger partial charge in [0.05, 0.1) is 32.2 Å². The highest BCUT2D eigenvalue weighted by atomic mass is 32.2. The molecule has 2 N–H and O–H groups in total. The van der Waals surface area contributed by atoms with Crippen LogP contribution in [0.15, 0.2) is 35.6 Å². The van der Waals surface area contributed by atoms with Crippen LogP contribution < -0.4 is 15.4 Å². The van der Waals surface area contributed by atoms with E-state index in [4.69, 9.17) is 14.2 Å². The molecule has 3 heterocycles. The molecule has 0 spiro atoms. The number of hydrogen-bond acceptors (Lipinski definition) is 9. The molecule has 0 saturated carbocycles.